The maximum atomic E-state index is 10.2. The van der Waals surface area contributed by atoms with Gasteiger partial charge in [0.25, 0.3) is 0 Å². The van der Waals surface area contributed by atoms with Crippen molar-refractivity contribution in [3.05, 3.63) is 109 Å². The van der Waals surface area contributed by atoms with Crippen LogP contribution in [0.3, 0.4) is 0 Å². The van der Waals surface area contributed by atoms with Gasteiger partial charge in [-0.25, -0.2) is 7.11 Å². The number of aliphatic hydroxyl groups excluding tert-OH is 2. The molecule has 0 aliphatic rings. The number of hydrogen-bond acceptors (Lipinski definition) is 17. The fourth-order valence-electron chi connectivity index (χ4n) is 0.859. The topological polar surface area (TPSA) is 571 Å². The van der Waals surface area contributed by atoms with Gasteiger partial charge in [-0.15, -0.1) is 0 Å². The van der Waals surface area contributed by atoms with Crippen molar-refractivity contribution < 1.29 is 884 Å². The third-order valence-electron chi connectivity index (χ3n) is 2.45. The molecule has 0 heterocycles. The molecule has 0 saturated heterocycles. The second kappa shape index (κ2) is 417. The van der Waals surface area contributed by atoms with Crippen molar-refractivity contribution in [1.29, 1.82) is 0 Å². The van der Waals surface area contributed by atoms with E-state index in [-0.39, 0.29) is 957 Å². The van der Waals surface area contributed by atoms with Gasteiger partial charge < -0.3 is 227 Å². The van der Waals surface area contributed by atoms with Crippen LogP contribution in [0.5, 0.6) is 0 Å². The molecule has 0 saturated carbocycles. The van der Waals surface area contributed by atoms with Crippen LogP contribution >= 0.6 is 0 Å². The van der Waals surface area contributed by atoms with Crippen molar-refractivity contribution >= 4 is 93.6 Å². The van der Waals surface area contributed by atoms with Crippen molar-refractivity contribution in [3.8, 4) is 0 Å². The van der Waals surface area contributed by atoms with Gasteiger partial charge in [0.2, 0.25) is 5.91 Å². The number of carbonyl (C=O) groups excluding carboxylic acids is 14. The van der Waals surface area contributed by atoms with Gasteiger partial charge in [-0.05, 0) is 13.6 Å². The maximum Gasteiger partial charge on any atom is 1.00 e. The van der Waals surface area contributed by atoms with Crippen LogP contribution in [0.15, 0.2) is 0 Å². The molecule has 55 heteroatoms. The fourth-order valence-corrected chi connectivity index (χ4v) is 0.859. The predicted molar refractivity (Wildman–Crippen MR) is 303 cm³/mol. The first-order valence-corrected chi connectivity index (χ1v) is 14.3. The Morgan fingerprint density at radius 2 is 0.454 bits per heavy atom. The maximum absolute atomic E-state index is 10.2. The van der Waals surface area contributed by atoms with E-state index in [0.29, 0.717) is 13.0 Å². The van der Waals surface area contributed by atoms with Crippen LogP contribution in [0, 0.1) is 73.9 Å². The Labute approximate surface area is 1220 Å². The summed E-state index contributed by atoms with van der Waals surface area (Å²) in [7, 11) is 5.24. The van der Waals surface area contributed by atoms with Gasteiger partial charge in [0.1, 0.15) is 0 Å². The molecule has 0 aromatic carbocycles. The number of likely N-dealkylation sites (N-methyl/N-ethyl adjacent to an activating group) is 1. The van der Waals surface area contributed by atoms with E-state index in [2.05, 4.69) is 35.6 Å². The molecular weight excluding hydrogens is 3350 g/mol. The van der Waals surface area contributed by atoms with Gasteiger partial charge in [-0.1, -0.05) is 64.4 Å². The summed E-state index contributed by atoms with van der Waals surface area (Å²) >= 11 is 0. The second-order valence-electron chi connectivity index (χ2n) is 6.25. The molecule has 537 valence electrons. The number of aliphatic hydroxyl groups is 1. The molecule has 0 rings (SSSR count). The summed E-state index contributed by atoms with van der Waals surface area (Å²) < 4.78 is 0. The van der Waals surface area contributed by atoms with Crippen LogP contribution in [0.4, 0.5) is 0 Å². The van der Waals surface area contributed by atoms with E-state index in [1.807, 2.05) is 47.4 Å². The largest absolute Gasteiger partial charge is 1.00 e. The average molecular weight is 3450 g/mol. The SMILES string of the molecule is C.C.C.C.C.CC.CCN[C-]=O.CN.CNC(=O)CN[C-]=O.O=[C-]O.[CH-]=O.[CH2-]O.[CH3-].[CH3-].[CH3-].[CH3-].[CH3-].[CH3-].[CH3-].[CH3-].[CH3-].[K+].[K+].[K+].[K+].[K+].[K+].[K+].[NH-]C(=O)CN[C-]=O.[NH-]C(=O)CN[C-]=O.[NH-]C(=O)CN[C-]=O.[NH-]C(=O)CN[C-]=O.[NH-]C(=O)CN[C-]=O.[NH2-].[W].[W].[W].[W].[W].[W].[W].[Y].[Y].[Y].[Y].[Y].[Y].[Y].[Y].[Y]. The minimum absolute atomic E-state index is 0. The van der Waals surface area contributed by atoms with Gasteiger partial charge >= 0.3 is 360 Å². The van der Waals surface area contributed by atoms with E-state index in [1.54, 1.807) is 0 Å². The summed E-state index contributed by atoms with van der Waals surface area (Å²) in [4.78, 5) is 139. The van der Waals surface area contributed by atoms with Gasteiger partial charge in [-0.3, -0.25) is 11.6 Å². The molecule has 0 aliphatic heterocycles. The molecule has 13 amide bonds. The third kappa shape index (κ3) is 672. The molecule has 9 radical (unpaired) electrons. The van der Waals surface area contributed by atoms with Crippen molar-refractivity contribution in [3.63, 3.8) is 0 Å². The zero-order valence-corrected chi connectivity index (χ0v) is 125. The van der Waals surface area contributed by atoms with Gasteiger partial charge in [0.05, 0.1) is 36.1 Å². The van der Waals surface area contributed by atoms with Crippen molar-refractivity contribution in [2.24, 2.45) is 5.73 Å². The number of amides is 13. The Hall–Kier alpha value is 18.3. The van der Waals surface area contributed by atoms with Crippen LogP contribution < -0.4 is 408 Å². The normalized spacial score (nSPS) is 4.00. The molecular formula is C42H98K7N15O17W7Y9-18. The van der Waals surface area contributed by atoms with Crippen LogP contribution in [0.2, 0.25) is 0 Å². The number of hydrogen-bond donors (Lipinski definition) is 11. The summed E-state index contributed by atoms with van der Waals surface area (Å²) in [6, 6.07) is 0. The van der Waals surface area contributed by atoms with Crippen LogP contribution in [0.1, 0.15) is 57.9 Å². The summed E-state index contributed by atoms with van der Waals surface area (Å²) in [5.74, 6) is -4.31. The zero-order chi connectivity index (χ0) is 49.7. The smallest absolute Gasteiger partial charge is 0.693 e. The van der Waals surface area contributed by atoms with E-state index >= 15 is 0 Å². The van der Waals surface area contributed by atoms with Crippen LogP contribution in [-0.2, 0) is 514 Å². The summed E-state index contributed by atoms with van der Waals surface area (Å²) in [6.07, 6.45) is 9.18. The monoisotopic (exact) mass is 3450 g/mol. The molecule has 97 heavy (non-hydrogen) atoms. The molecule has 0 spiro atoms. The van der Waals surface area contributed by atoms with E-state index in [0.717, 1.165) is 0 Å². The zero-order valence-electron chi connectivity index (χ0n) is 57.0. The molecule has 0 fully saturated rings. The standard InChI is InChI=1S/C4H7N2O2.5C3H5N2O2.C3H6NO.C2H6.CH5N.CHO2.CH3O.CHO.5CH4.9CH3.7K.H2N.7W.9Y/c1-5-4(8)2-6-3-7;5*4-3(7)1-5-2-6;1-2-4-3-5;2*1-2;2-1-3;2*1-2;;;;;;;;;;;;;;;;;;;;;;;;;;;;;;;;;;;;;;/h2H2,1H3,(H,5,8)(H,6,7);5*1H2,(H3,4,5,6,7);2H2,1H3,(H,4,5);1-2H3;2H2,1H3;(H,2,3);2H,1H2;1H;5*1H4;9*1H3;;;;;;;;1H2;;;;;;;;;;;;;;;;/q7*-1;;;3*-1;;;;;;9*-1;7*+1;-1;;;;;;;;;;;;;;;;/p-5. The van der Waals surface area contributed by atoms with Gasteiger partial charge in [0.15, 0.2) is 0 Å². The first-order chi connectivity index (χ1) is 28.0. The quantitative estimate of drug-likeness (QED) is 0.0233. The molecule has 0 aliphatic carbocycles. The molecule has 0 aromatic rings. The second-order valence-corrected chi connectivity index (χ2v) is 6.25. The predicted octanol–water partition coefficient (Wildman–Crippen LogP) is -18.8. The Morgan fingerprint density at radius 1 is 0.361 bits per heavy atom. The number of carbonyl (C=O) groups is 6. The molecule has 0 unspecified atom stereocenters. The first-order valence-electron chi connectivity index (χ1n) is 14.3. The number of nitrogens with one attached hydrogen (secondary N) is 13. The molecule has 0 aromatic heterocycles. The first kappa shape index (κ1) is 353. The Balaban J connectivity index is -0.00000000508. The minimum atomic E-state index is -0.816. The van der Waals surface area contributed by atoms with Crippen molar-refractivity contribution in [2.45, 2.75) is 57.9 Å². The summed E-state index contributed by atoms with van der Waals surface area (Å²) in [5.41, 5.74) is 35.5. The van der Waals surface area contributed by atoms with E-state index in [4.69, 9.17) is 53.3 Å². The summed E-state index contributed by atoms with van der Waals surface area (Å²) in [5, 5.41) is 29.7. The number of nitrogens with two attached hydrogens (primary N) is 2. The average Bonchev–Trinajstić information content (AvgIpc) is 3.23. The minimum Gasteiger partial charge on any atom is -0.693 e. The Morgan fingerprint density at radius 3 is 0.495 bits per heavy atom. The molecule has 0 atom stereocenters. The molecule has 19 N–H and O–H groups in total. The number of rotatable bonds is 20. The van der Waals surface area contributed by atoms with Gasteiger partial charge in [-0.2, -0.15) is 44.9 Å². The van der Waals surface area contributed by atoms with E-state index < -0.39 is 29.5 Å². The van der Waals surface area contributed by atoms with Gasteiger partial charge in [0, 0.05) is 482 Å². The van der Waals surface area contributed by atoms with Crippen molar-refractivity contribution in [1.82, 2.24) is 42.5 Å². The van der Waals surface area contributed by atoms with Crippen molar-refractivity contribution in [2.75, 3.05) is 59.9 Å². The Kier molecular flexibility index (Phi) is 1520. The van der Waals surface area contributed by atoms with E-state index in [1.165, 1.54) is 59.0 Å². The third-order valence-corrected chi connectivity index (χ3v) is 2.45. The molecule has 32 nitrogen and oxygen atoms in total. The van der Waals surface area contributed by atoms with E-state index in [9.17, 15) is 57.5 Å². The summed E-state index contributed by atoms with van der Waals surface area (Å²) in [6.45, 7) is 9.03. The Bertz CT molecular complexity index is 1000. The molecule has 0 bridgehead atoms. The van der Waals surface area contributed by atoms with Crippen LogP contribution in [0.25, 0.3) is 34.8 Å². The fraction of sp³-hybridized carbons (Fsp3) is 0.405. The van der Waals surface area contributed by atoms with Crippen LogP contribution in [-0.4, -0.2) is 164 Å².